The van der Waals surface area contributed by atoms with Gasteiger partial charge in [-0.2, -0.15) is 0 Å². The molecule has 33 heavy (non-hydrogen) atoms. The number of benzene rings is 1. The van der Waals surface area contributed by atoms with E-state index >= 15 is 0 Å². The lowest BCUT2D eigenvalue weighted by Crippen LogP contribution is -2.06. The Kier molecular flexibility index (Phi) is 5.40. The Morgan fingerprint density at radius 3 is 2.58 bits per heavy atom. The van der Waals surface area contributed by atoms with Crippen LogP contribution >= 0.6 is 0 Å². The predicted octanol–water partition coefficient (Wildman–Crippen LogP) is 4.73. The Labute approximate surface area is 191 Å². The van der Waals surface area contributed by atoms with Crippen LogP contribution in [0.4, 0.5) is 11.5 Å². The summed E-state index contributed by atoms with van der Waals surface area (Å²) >= 11 is 0. The minimum absolute atomic E-state index is 0.218. The zero-order valence-corrected chi connectivity index (χ0v) is 18.5. The van der Waals surface area contributed by atoms with E-state index in [4.69, 9.17) is 15.7 Å². The summed E-state index contributed by atoms with van der Waals surface area (Å²) in [5.41, 5.74) is 11.9. The third kappa shape index (κ3) is 4.23. The van der Waals surface area contributed by atoms with Crippen molar-refractivity contribution in [2.24, 2.45) is 0 Å². The number of nitrogens with two attached hydrogens (primary N) is 1. The first-order valence-electron chi connectivity index (χ1n) is 10.8. The second-order valence-corrected chi connectivity index (χ2v) is 8.09. The molecule has 0 saturated heterocycles. The highest BCUT2D eigenvalue weighted by atomic mass is 15.2. The van der Waals surface area contributed by atoms with Gasteiger partial charge in [-0.15, -0.1) is 0 Å². The van der Waals surface area contributed by atoms with Crippen molar-refractivity contribution in [1.29, 1.82) is 0 Å². The van der Waals surface area contributed by atoms with E-state index in [1.54, 1.807) is 12.4 Å². The number of fused-ring (bicyclic) bond motifs is 1. The summed E-state index contributed by atoms with van der Waals surface area (Å²) < 4.78 is 2.04. The van der Waals surface area contributed by atoms with Crippen molar-refractivity contribution in [3.8, 4) is 22.6 Å². The van der Waals surface area contributed by atoms with Crippen LogP contribution in [0.15, 0.2) is 73.4 Å². The van der Waals surface area contributed by atoms with Gasteiger partial charge in [-0.25, -0.2) is 15.0 Å². The first-order chi connectivity index (χ1) is 16.1. The number of nitrogens with one attached hydrogen (secondary N) is 1. The number of imidazole rings is 1. The van der Waals surface area contributed by atoms with Crippen molar-refractivity contribution >= 4 is 22.7 Å². The molecule has 8 heteroatoms. The average Bonchev–Trinajstić information content (AvgIpc) is 3.28. The van der Waals surface area contributed by atoms with Gasteiger partial charge in [0.15, 0.2) is 17.3 Å². The summed E-state index contributed by atoms with van der Waals surface area (Å²) in [5.74, 6) is 1.28. The highest BCUT2D eigenvalue weighted by molar-refractivity contribution is 5.85. The molecule has 5 aromatic rings. The van der Waals surface area contributed by atoms with Gasteiger partial charge in [-0.1, -0.05) is 18.2 Å². The van der Waals surface area contributed by atoms with Gasteiger partial charge in [-0.3, -0.25) is 9.97 Å². The number of nitrogens with zero attached hydrogens (tertiary/aromatic N) is 6. The van der Waals surface area contributed by atoms with Crippen molar-refractivity contribution in [3.63, 3.8) is 0 Å². The Hall–Kier alpha value is -4.33. The number of anilines is 2. The van der Waals surface area contributed by atoms with Crippen molar-refractivity contribution in [1.82, 2.24) is 29.5 Å². The van der Waals surface area contributed by atoms with Crippen LogP contribution in [0.2, 0.25) is 0 Å². The maximum Gasteiger partial charge on any atom is 0.166 e. The van der Waals surface area contributed by atoms with Crippen LogP contribution < -0.4 is 11.1 Å². The Morgan fingerprint density at radius 1 is 0.970 bits per heavy atom. The summed E-state index contributed by atoms with van der Waals surface area (Å²) in [5, 5.41) is 3.43. The Morgan fingerprint density at radius 2 is 1.85 bits per heavy atom. The van der Waals surface area contributed by atoms with E-state index in [-0.39, 0.29) is 6.04 Å². The lowest BCUT2D eigenvalue weighted by Gasteiger charge is -2.12. The highest BCUT2D eigenvalue weighted by Gasteiger charge is 2.16. The Balaban J connectivity index is 1.47. The minimum atomic E-state index is 0.218. The van der Waals surface area contributed by atoms with E-state index in [2.05, 4.69) is 34.1 Å². The van der Waals surface area contributed by atoms with E-state index in [9.17, 15) is 0 Å². The molecule has 4 aromatic heterocycles. The lowest BCUT2D eigenvalue weighted by molar-refractivity contribution is 0.613. The second kappa shape index (κ2) is 8.66. The average molecular weight is 437 g/mol. The van der Waals surface area contributed by atoms with Gasteiger partial charge in [0.1, 0.15) is 5.52 Å². The zero-order chi connectivity index (χ0) is 22.8. The molecular weight excluding hydrogens is 412 g/mol. The van der Waals surface area contributed by atoms with E-state index in [0.717, 1.165) is 33.5 Å². The molecule has 3 N–H and O–H groups in total. The van der Waals surface area contributed by atoms with Crippen LogP contribution in [-0.2, 0) is 6.54 Å². The molecule has 5 rings (SSSR count). The maximum atomic E-state index is 5.99. The molecule has 0 aliphatic rings. The first-order valence-corrected chi connectivity index (χ1v) is 10.8. The van der Waals surface area contributed by atoms with Crippen LogP contribution in [0.5, 0.6) is 0 Å². The summed E-state index contributed by atoms with van der Waals surface area (Å²) in [7, 11) is 0. The van der Waals surface area contributed by atoms with Crippen LogP contribution in [0.25, 0.3) is 33.8 Å². The van der Waals surface area contributed by atoms with E-state index in [0.29, 0.717) is 23.9 Å². The first kappa shape index (κ1) is 20.6. The van der Waals surface area contributed by atoms with Gasteiger partial charge in [0, 0.05) is 48.0 Å². The zero-order valence-electron chi connectivity index (χ0n) is 18.5. The predicted molar refractivity (Wildman–Crippen MR) is 130 cm³/mol. The molecule has 0 saturated carbocycles. The van der Waals surface area contributed by atoms with Crippen molar-refractivity contribution in [2.75, 3.05) is 11.1 Å². The quantitative estimate of drug-likeness (QED) is 0.371. The normalized spacial score (nSPS) is 11.2. The number of nitrogen functional groups attached to an aromatic ring is 1. The summed E-state index contributed by atoms with van der Waals surface area (Å²) in [6.45, 7) is 4.76. The number of rotatable bonds is 6. The molecule has 0 fully saturated rings. The molecule has 4 heterocycles. The van der Waals surface area contributed by atoms with Crippen molar-refractivity contribution < 1.29 is 0 Å². The molecule has 0 amide bonds. The summed E-state index contributed by atoms with van der Waals surface area (Å²) in [6, 6.07) is 15.7. The van der Waals surface area contributed by atoms with Crippen LogP contribution in [0.3, 0.4) is 0 Å². The molecule has 0 bridgehead atoms. The number of aromatic nitrogens is 6. The van der Waals surface area contributed by atoms with E-state index in [1.165, 1.54) is 0 Å². The Bertz CT molecular complexity index is 1390. The molecule has 0 radical (unpaired) electrons. The molecule has 164 valence electrons. The number of hydrogen-bond acceptors (Lipinski definition) is 7. The van der Waals surface area contributed by atoms with Gasteiger partial charge in [0.05, 0.1) is 12.0 Å². The second-order valence-electron chi connectivity index (χ2n) is 8.09. The summed E-state index contributed by atoms with van der Waals surface area (Å²) in [6.07, 6.45) is 7.23. The smallest absolute Gasteiger partial charge is 0.166 e. The number of pyridine rings is 2. The fourth-order valence-corrected chi connectivity index (χ4v) is 3.62. The summed E-state index contributed by atoms with van der Waals surface area (Å²) in [4.78, 5) is 22.9. The van der Waals surface area contributed by atoms with Crippen molar-refractivity contribution in [3.05, 3.63) is 79.0 Å². The van der Waals surface area contributed by atoms with Crippen molar-refractivity contribution in [2.45, 2.75) is 26.4 Å². The fraction of sp³-hybridized carbons (Fsp3) is 0.160. The fourth-order valence-electron chi connectivity index (χ4n) is 3.62. The highest BCUT2D eigenvalue weighted by Crippen LogP contribution is 2.27. The monoisotopic (exact) mass is 436 g/mol. The largest absolute Gasteiger partial charge is 0.399 e. The molecule has 0 spiro atoms. The molecule has 0 atom stereocenters. The molecular formula is C25H24N8. The van der Waals surface area contributed by atoms with E-state index in [1.807, 2.05) is 65.6 Å². The standard InChI is InChI=1S/C25H24N8/c1-16(2)33-15-30-22-24(31-23(32-25(22)33)18-5-3-7-20(26)11-18)29-13-17-8-9-21(28-12-17)19-6-4-10-27-14-19/h3-12,14-16H,13,26H2,1-2H3,(H,29,31,32). The van der Waals surface area contributed by atoms with Gasteiger partial charge in [0.25, 0.3) is 0 Å². The van der Waals surface area contributed by atoms with Gasteiger partial charge >= 0.3 is 0 Å². The minimum Gasteiger partial charge on any atom is -0.399 e. The van der Waals surface area contributed by atoms with Crippen LogP contribution in [-0.4, -0.2) is 29.5 Å². The van der Waals surface area contributed by atoms with Gasteiger partial charge < -0.3 is 15.6 Å². The molecule has 1 aromatic carbocycles. The topological polar surface area (TPSA) is 107 Å². The van der Waals surface area contributed by atoms with Gasteiger partial charge in [0.2, 0.25) is 0 Å². The number of hydrogen-bond donors (Lipinski definition) is 2. The van der Waals surface area contributed by atoms with Crippen LogP contribution in [0, 0.1) is 0 Å². The molecule has 0 aliphatic carbocycles. The maximum absolute atomic E-state index is 5.99. The van der Waals surface area contributed by atoms with Gasteiger partial charge in [-0.05, 0) is 49.7 Å². The van der Waals surface area contributed by atoms with E-state index < -0.39 is 0 Å². The lowest BCUT2D eigenvalue weighted by atomic mass is 10.1. The third-order valence-electron chi connectivity index (χ3n) is 5.36. The SMILES string of the molecule is CC(C)n1cnc2c(NCc3ccc(-c4cccnc4)nc3)nc(-c3cccc(N)c3)nc21. The third-order valence-corrected chi connectivity index (χ3v) is 5.36. The van der Waals surface area contributed by atoms with Crippen LogP contribution in [0.1, 0.15) is 25.5 Å². The molecule has 0 unspecified atom stereocenters. The molecule has 8 nitrogen and oxygen atoms in total. The molecule has 0 aliphatic heterocycles.